The van der Waals surface area contributed by atoms with E-state index in [4.69, 9.17) is 5.73 Å². The van der Waals surface area contributed by atoms with Crippen LogP contribution < -0.4 is 11.1 Å². The van der Waals surface area contributed by atoms with Gasteiger partial charge in [-0.25, -0.2) is 4.68 Å². The van der Waals surface area contributed by atoms with Crippen molar-refractivity contribution in [3.8, 4) is 5.69 Å². The molecule has 0 bridgehead atoms. The van der Waals surface area contributed by atoms with Crippen molar-refractivity contribution >= 4 is 35.6 Å². The van der Waals surface area contributed by atoms with Crippen molar-refractivity contribution < 1.29 is 0 Å². The molecule has 24 heavy (non-hydrogen) atoms. The maximum absolute atomic E-state index is 5.88. The molecule has 3 rings (SSSR count). The summed E-state index contributed by atoms with van der Waals surface area (Å²) >= 11 is 0. The van der Waals surface area contributed by atoms with Crippen LogP contribution in [0, 0.1) is 0 Å². The number of nitrogens with two attached hydrogens (primary N) is 1. The molecule has 0 saturated heterocycles. The van der Waals surface area contributed by atoms with Gasteiger partial charge in [-0.15, -0.1) is 24.0 Å². The minimum atomic E-state index is 0. The monoisotopic (exact) mass is 433 g/mol. The zero-order chi connectivity index (χ0) is 15.9. The normalized spacial score (nSPS) is 10.9. The molecule has 6 heteroatoms. The smallest absolute Gasteiger partial charge is 0.193 e. The Labute approximate surface area is 158 Å². The highest BCUT2D eigenvalue weighted by molar-refractivity contribution is 14.0. The molecule has 0 saturated carbocycles. The van der Waals surface area contributed by atoms with Gasteiger partial charge < -0.3 is 11.1 Å². The van der Waals surface area contributed by atoms with Gasteiger partial charge in [-0.3, -0.25) is 4.99 Å². The van der Waals surface area contributed by atoms with Gasteiger partial charge in [-0.2, -0.15) is 5.10 Å². The van der Waals surface area contributed by atoms with Crippen LogP contribution >= 0.6 is 24.0 Å². The summed E-state index contributed by atoms with van der Waals surface area (Å²) in [5.74, 6) is 0.423. The van der Waals surface area contributed by atoms with Crippen LogP contribution in [-0.2, 0) is 6.42 Å². The molecular weight excluding hydrogens is 413 g/mol. The first-order chi connectivity index (χ1) is 11.3. The van der Waals surface area contributed by atoms with Crippen LogP contribution in [0.5, 0.6) is 0 Å². The average Bonchev–Trinajstić information content (AvgIpc) is 3.05. The number of halogens is 1. The second-order valence-corrected chi connectivity index (χ2v) is 5.14. The van der Waals surface area contributed by atoms with Gasteiger partial charge in [-0.1, -0.05) is 36.4 Å². The lowest BCUT2D eigenvalue weighted by Crippen LogP contribution is -2.22. The molecule has 1 heterocycles. The van der Waals surface area contributed by atoms with Crippen LogP contribution in [-0.4, -0.2) is 22.3 Å². The van der Waals surface area contributed by atoms with Crippen LogP contribution in [0.3, 0.4) is 0 Å². The number of nitrogens with zero attached hydrogens (tertiary/aromatic N) is 3. The van der Waals surface area contributed by atoms with Gasteiger partial charge in [-0.05, 0) is 36.2 Å². The number of aromatic nitrogens is 2. The number of anilines is 1. The van der Waals surface area contributed by atoms with E-state index in [-0.39, 0.29) is 24.0 Å². The van der Waals surface area contributed by atoms with Crippen molar-refractivity contribution in [1.82, 2.24) is 9.78 Å². The van der Waals surface area contributed by atoms with E-state index < -0.39 is 0 Å². The lowest BCUT2D eigenvalue weighted by Gasteiger charge is -2.04. The molecule has 0 spiro atoms. The van der Waals surface area contributed by atoms with E-state index in [0.717, 1.165) is 23.4 Å². The van der Waals surface area contributed by atoms with Gasteiger partial charge in [0.15, 0.2) is 5.96 Å². The molecule has 0 aliphatic carbocycles. The Hall–Kier alpha value is -2.35. The van der Waals surface area contributed by atoms with Crippen molar-refractivity contribution in [2.45, 2.75) is 6.42 Å². The van der Waals surface area contributed by atoms with Crippen LogP contribution in [0.25, 0.3) is 5.69 Å². The second kappa shape index (κ2) is 9.07. The molecule has 0 atom stereocenters. The highest BCUT2D eigenvalue weighted by Crippen LogP contribution is 2.08. The standard InChI is InChI=1S/C18H19N5.HI/c19-18(22-16-7-3-1-4-8-16)20-12-11-15-13-21-23(14-15)17-9-5-2-6-10-17;/h1-10,13-14H,11-12H2,(H3,19,20,22);1H. The number of aliphatic imine (C=N–C) groups is 1. The fourth-order valence-corrected chi connectivity index (χ4v) is 2.23. The maximum atomic E-state index is 5.88. The number of guanidine groups is 1. The van der Waals surface area contributed by atoms with Crippen LogP contribution in [0.4, 0.5) is 5.69 Å². The number of benzene rings is 2. The van der Waals surface area contributed by atoms with Crippen molar-refractivity contribution in [3.63, 3.8) is 0 Å². The molecule has 124 valence electrons. The summed E-state index contributed by atoms with van der Waals surface area (Å²) in [6, 6.07) is 19.8. The van der Waals surface area contributed by atoms with Gasteiger partial charge in [0, 0.05) is 18.4 Å². The largest absolute Gasteiger partial charge is 0.370 e. The van der Waals surface area contributed by atoms with Crippen LogP contribution in [0.2, 0.25) is 0 Å². The highest BCUT2D eigenvalue weighted by atomic mass is 127. The number of hydrogen-bond acceptors (Lipinski definition) is 2. The third-order valence-electron chi connectivity index (χ3n) is 3.39. The summed E-state index contributed by atoms with van der Waals surface area (Å²) in [6.45, 7) is 0.617. The van der Waals surface area contributed by atoms with Gasteiger partial charge in [0.25, 0.3) is 0 Å². The Balaban J connectivity index is 0.00000208. The van der Waals surface area contributed by atoms with Crippen molar-refractivity contribution in [3.05, 3.63) is 78.6 Å². The van der Waals surface area contributed by atoms with E-state index in [2.05, 4.69) is 15.4 Å². The van der Waals surface area contributed by atoms with Gasteiger partial charge in [0.2, 0.25) is 0 Å². The van der Waals surface area contributed by atoms with E-state index in [0.29, 0.717) is 12.5 Å². The first-order valence-corrected chi connectivity index (χ1v) is 7.52. The number of para-hydroxylation sites is 2. The van der Waals surface area contributed by atoms with Crippen molar-refractivity contribution in [1.29, 1.82) is 0 Å². The zero-order valence-corrected chi connectivity index (χ0v) is 15.5. The Kier molecular flexibility index (Phi) is 6.80. The average molecular weight is 433 g/mol. The molecule has 0 unspecified atom stereocenters. The topological polar surface area (TPSA) is 68.2 Å². The van der Waals surface area contributed by atoms with Gasteiger partial charge in [0.1, 0.15) is 0 Å². The van der Waals surface area contributed by atoms with Gasteiger partial charge in [0.05, 0.1) is 11.9 Å². The second-order valence-electron chi connectivity index (χ2n) is 5.14. The summed E-state index contributed by atoms with van der Waals surface area (Å²) in [5, 5.41) is 7.44. The van der Waals surface area contributed by atoms with E-state index >= 15 is 0 Å². The molecule has 3 aromatic rings. The summed E-state index contributed by atoms with van der Waals surface area (Å²) in [4.78, 5) is 4.34. The molecular formula is C18H20IN5. The lowest BCUT2D eigenvalue weighted by atomic mass is 10.2. The Morgan fingerprint density at radius 3 is 2.42 bits per heavy atom. The SMILES string of the molecule is I.NC(=NCCc1cnn(-c2ccccc2)c1)Nc1ccccc1. The fraction of sp³-hybridized carbons (Fsp3) is 0.111. The van der Waals surface area contributed by atoms with E-state index in [1.807, 2.05) is 77.7 Å². The number of rotatable bonds is 5. The predicted octanol–water partition coefficient (Wildman–Crippen LogP) is 3.46. The predicted molar refractivity (Wildman–Crippen MR) is 109 cm³/mol. The van der Waals surface area contributed by atoms with Crippen LogP contribution in [0.15, 0.2) is 78.0 Å². The highest BCUT2D eigenvalue weighted by Gasteiger charge is 2.00. The molecule has 1 aromatic heterocycles. The summed E-state index contributed by atoms with van der Waals surface area (Å²) in [5.41, 5.74) is 9.00. The first-order valence-electron chi connectivity index (χ1n) is 7.52. The van der Waals surface area contributed by atoms with Gasteiger partial charge >= 0.3 is 0 Å². The molecule has 0 radical (unpaired) electrons. The zero-order valence-electron chi connectivity index (χ0n) is 13.2. The molecule has 2 aromatic carbocycles. The Bertz CT molecular complexity index is 768. The molecule has 0 amide bonds. The fourth-order valence-electron chi connectivity index (χ4n) is 2.23. The quantitative estimate of drug-likeness (QED) is 0.368. The Morgan fingerprint density at radius 2 is 1.71 bits per heavy atom. The minimum Gasteiger partial charge on any atom is -0.370 e. The van der Waals surface area contributed by atoms with Crippen molar-refractivity contribution in [2.75, 3.05) is 11.9 Å². The first kappa shape index (κ1) is 18.0. The number of hydrogen-bond donors (Lipinski definition) is 2. The summed E-state index contributed by atoms with van der Waals surface area (Å²) in [6.07, 6.45) is 4.68. The third-order valence-corrected chi connectivity index (χ3v) is 3.39. The van der Waals surface area contributed by atoms with E-state index in [1.54, 1.807) is 0 Å². The third kappa shape index (κ3) is 5.09. The summed E-state index contributed by atoms with van der Waals surface area (Å²) in [7, 11) is 0. The molecule has 3 N–H and O–H groups in total. The molecule has 0 aliphatic rings. The minimum absolute atomic E-state index is 0. The van der Waals surface area contributed by atoms with E-state index in [1.165, 1.54) is 0 Å². The number of nitrogens with one attached hydrogen (secondary N) is 1. The summed E-state index contributed by atoms with van der Waals surface area (Å²) < 4.78 is 1.87. The Morgan fingerprint density at radius 1 is 1.04 bits per heavy atom. The lowest BCUT2D eigenvalue weighted by molar-refractivity contribution is 0.879. The van der Waals surface area contributed by atoms with E-state index in [9.17, 15) is 0 Å². The molecule has 0 aliphatic heterocycles. The van der Waals surface area contributed by atoms with Crippen LogP contribution in [0.1, 0.15) is 5.56 Å². The molecule has 5 nitrogen and oxygen atoms in total. The maximum Gasteiger partial charge on any atom is 0.193 e. The van der Waals surface area contributed by atoms with Crippen molar-refractivity contribution in [2.24, 2.45) is 10.7 Å². The molecule has 0 fully saturated rings.